The Kier molecular flexibility index (Phi) is 16.3. The monoisotopic (exact) mass is 793 g/mol. The highest BCUT2D eigenvalue weighted by atomic mass is 16.5. The van der Waals surface area contributed by atoms with E-state index in [1.165, 1.54) is 43.9 Å². The SMILES string of the molecule is CCCCCCCCn1c(=O)c2c(ncn2C)n(C)c1=O.COc1cc(CNC(=O)CCCCCCCn2c(=O)c3c(ncn3C)n(C)c2=O)cc(OC)c1OC. The molecule has 17 nitrogen and oxygen atoms in total. The number of fused-ring (bicyclic) bond motifs is 2. The van der Waals surface area contributed by atoms with Gasteiger partial charge in [-0.25, -0.2) is 19.6 Å². The molecule has 0 atom stereocenters. The number of nitrogens with zero attached hydrogens (tertiary/aromatic N) is 8. The van der Waals surface area contributed by atoms with Crippen LogP contribution in [0.5, 0.6) is 17.2 Å². The maximum Gasteiger partial charge on any atom is 0.332 e. The smallest absolute Gasteiger partial charge is 0.332 e. The number of hydrogen-bond acceptors (Lipinski definition) is 10. The lowest BCUT2D eigenvalue weighted by atomic mass is 10.1. The Hall–Kier alpha value is -5.61. The summed E-state index contributed by atoms with van der Waals surface area (Å²) >= 11 is 0. The van der Waals surface area contributed by atoms with E-state index in [-0.39, 0.29) is 28.4 Å². The summed E-state index contributed by atoms with van der Waals surface area (Å²) in [5.41, 5.74) is 1.44. The Bertz CT molecular complexity index is 2340. The van der Waals surface area contributed by atoms with E-state index in [9.17, 15) is 24.0 Å². The molecule has 0 saturated carbocycles. The van der Waals surface area contributed by atoms with Gasteiger partial charge in [0, 0.05) is 54.2 Å². The van der Waals surface area contributed by atoms with E-state index < -0.39 is 0 Å². The molecule has 0 fully saturated rings. The van der Waals surface area contributed by atoms with Crippen molar-refractivity contribution < 1.29 is 19.0 Å². The van der Waals surface area contributed by atoms with Crippen molar-refractivity contribution in [1.29, 1.82) is 0 Å². The molecule has 1 aromatic carbocycles. The Morgan fingerprint density at radius 2 is 1.07 bits per heavy atom. The van der Waals surface area contributed by atoms with Gasteiger partial charge in [-0.1, -0.05) is 58.3 Å². The van der Waals surface area contributed by atoms with E-state index in [0.717, 1.165) is 50.5 Å². The largest absolute Gasteiger partial charge is 0.493 e. The average Bonchev–Trinajstić information content (AvgIpc) is 3.80. The zero-order valence-electron chi connectivity index (χ0n) is 34.8. The molecule has 4 aromatic heterocycles. The minimum atomic E-state index is -0.352. The number of benzene rings is 1. The molecule has 0 aliphatic rings. The number of rotatable bonds is 20. The quantitative estimate of drug-likeness (QED) is 0.114. The maximum atomic E-state index is 12.7. The van der Waals surface area contributed by atoms with Gasteiger partial charge in [-0.15, -0.1) is 0 Å². The number of unbranched alkanes of at least 4 members (excludes halogenated alkanes) is 9. The third-order valence-corrected chi connectivity index (χ3v) is 10.1. The predicted molar refractivity (Wildman–Crippen MR) is 219 cm³/mol. The summed E-state index contributed by atoms with van der Waals surface area (Å²) < 4.78 is 24.8. The van der Waals surface area contributed by atoms with Crippen LogP contribution in [0.2, 0.25) is 0 Å². The predicted octanol–water partition coefficient (Wildman–Crippen LogP) is 3.91. The van der Waals surface area contributed by atoms with Crippen LogP contribution < -0.4 is 42.0 Å². The van der Waals surface area contributed by atoms with Crippen LogP contribution in [0.1, 0.15) is 89.5 Å². The molecule has 312 valence electrons. The van der Waals surface area contributed by atoms with Crippen LogP contribution in [0, 0.1) is 0 Å². The summed E-state index contributed by atoms with van der Waals surface area (Å²) in [6.45, 7) is 3.40. The van der Waals surface area contributed by atoms with E-state index >= 15 is 0 Å². The second kappa shape index (κ2) is 21.1. The van der Waals surface area contributed by atoms with Crippen molar-refractivity contribution in [3.8, 4) is 17.2 Å². The van der Waals surface area contributed by atoms with Gasteiger partial charge in [0.15, 0.2) is 33.8 Å². The van der Waals surface area contributed by atoms with Crippen molar-refractivity contribution in [2.45, 2.75) is 104 Å². The molecule has 0 radical (unpaired) electrons. The second-order valence-electron chi connectivity index (χ2n) is 14.2. The number of hydrogen-bond donors (Lipinski definition) is 1. The Morgan fingerprint density at radius 1 is 0.632 bits per heavy atom. The number of imidazole rings is 2. The van der Waals surface area contributed by atoms with Crippen molar-refractivity contribution in [3.63, 3.8) is 0 Å². The molecule has 0 spiro atoms. The molecule has 5 aromatic rings. The van der Waals surface area contributed by atoms with Crippen LogP contribution in [0.4, 0.5) is 0 Å². The molecule has 4 heterocycles. The minimum absolute atomic E-state index is 0.0247. The van der Waals surface area contributed by atoms with Crippen LogP contribution in [-0.2, 0) is 52.6 Å². The number of nitrogens with one attached hydrogen (secondary N) is 1. The first kappa shape index (κ1) is 44.1. The van der Waals surface area contributed by atoms with Gasteiger partial charge >= 0.3 is 11.4 Å². The lowest BCUT2D eigenvalue weighted by Gasteiger charge is -2.14. The number of carbonyl (C=O) groups is 1. The lowest BCUT2D eigenvalue weighted by molar-refractivity contribution is -0.121. The van der Waals surface area contributed by atoms with Crippen LogP contribution in [0.25, 0.3) is 22.3 Å². The third kappa shape index (κ3) is 10.6. The van der Waals surface area contributed by atoms with E-state index in [0.29, 0.717) is 72.1 Å². The molecular weight excluding hydrogens is 734 g/mol. The number of methoxy groups -OCH3 is 3. The average molecular weight is 794 g/mol. The highest BCUT2D eigenvalue weighted by Crippen LogP contribution is 2.38. The normalized spacial score (nSPS) is 11.2. The van der Waals surface area contributed by atoms with Crippen LogP contribution in [0.15, 0.2) is 44.0 Å². The van der Waals surface area contributed by atoms with Crippen molar-refractivity contribution in [1.82, 2.24) is 42.7 Å². The Balaban J connectivity index is 0.000000290. The molecule has 5 rings (SSSR count). The molecule has 0 bridgehead atoms. The summed E-state index contributed by atoms with van der Waals surface area (Å²) in [7, 11) is 11.5. The van der Waals surface area contributed by atoms with E-state index in [1.807, 2.05) is 12.1 Å². The summed E-state index contributed by atoms with van der Waals surface area (Å²) in [4.78, 5) is 70.5. The van der Waals surface area contributed by atoms with E-state index in [2.05, 4.69) is 22.2 Å². The summed E-state index contributed by atoms with van der Waals surface area (Å²) in [5.74, 6) is 1.57. The van der Waals surface area contributed by atoms with Gasteiger partial charge in [0.05, 0.1) is 34.0 Å². The van der Waals surface area contributed by atoms with Crippen molar-refractivity contribution in [2.24, 2.45) is 28.2 Å². The molecular formula is C40H59N9O8. The molecule has 17 heteroatoms. The number of ether oxygens (including phenoxy) is 3. The van der Waals surface area contributed by atoms with Gasteiger partial charge < -0.3 is 28.7 Å². The molecule has 0 unspecified atom stereocenters. The van der Waals surface area contributed by atoms with Crippen molar-refractivity contribution >= 4 is 28.2 Å². The van der Waals surface area contributed by atoms with Crippen molar-refractivity contribution in [3.05, 3.63) is 72.0 Å². The fraction of sp³-hybridized carbons (Fsp3) is 0.575. The molecule has 0 saturated heterocycles. The second-order valence-corrected chi connectivity index (χ2v) is 14.2. The highest BCUT2D eigenvalue weighted by molar-refractivity contribution is 5.76. The number of aromatic nitrogens is 8. The number of aryl methyl sites for hydroxylation is 4. The summed E-state index contributed by atoms with van der Waals surface area (Å²) in [6, 6.07) is 3.62. The molecule has 57 heavy (non-hydrogen) atoms. The van der Waals surface area contributed by atoms with Gasteiger partial charge in [-0.3, -0.25) is 32.7 Å². The fourth-order valence-electron chi connectivity index (χ4n) is 6.85. The number of carbonyl (C=O) groups excluding carboxylic acids is 1. The molecule has 0 aliphatic carbocycles. The Labute approximate surface area is 331 Å². The van der Waals surface area contributed by atoms with Gasteiger partial charge in [0.1, 0.15) is 0 Å². The zero-order valence-corrected chi connectivity index (χ0v) is 34.8. The van der Waals surface area contributed by atoms with Gasteiger partial charge in [-0.2, -0.15) is 0 Å². The summed E-state index contributed by atoms with van der Waals surface area (Å²) in [5, 5.41) is 2.92. The molecule has 0 aliphatic heterocycles. The first-order chi connectivity index (χ1) is 27.4. The maximum absolute atomic E-state index is 12.7. The number of amides is 1. The molecule has 1 amide bonds. The van der Waals surface area contributed by atoms with Crippen LogP contribution in [-0.4, -0.2) is 64.6 Å². The van der Waals surface area contributed by atoms with Crippen LogP contribution >= 0.6 is 0 Å². The first-order valence-electron chi connectivity index (χ1n) is 19.7. The zero-order chi connectivity index (χ0) is 41.6. The van der Waals surface area contributed by atoms with E-state index in [1.54, 1.807) is 65.0 Å². The topological polar surface area (TPSA) is 180 Å². The van der Waals surface area contributed by atoms with Gasteiger partial charge in [-0.05, 0) is 37.0 Å². The van der Waals surface area contributed by atoms with Crippen molar-refractivity contribution in [2.75, 3.05) is 21.3 Å². The standard InChI is InChI=1S/C25H35N5O6.C15H24N4O2/c1-28-16-27-23-21(28)24(32)30(25(33)29(23)2)12-10-8-6-7-9-11-20(31)26-15-17-13-18(34-3)22(36-5)19(14-17)35-4;1-4-5-6-7-8-9-10-19-14(20)12-13(16-11-17(12)2)18(3)15(19)21/h13-14,16H,6-12,15H2,1-5H3,(H,26,31);11H,4-10H2,1-3H3. The van der Waals surface area contributed by atoms with Gasteiger partial charge in [0.25, 0.3) is 11.1 Å². The Morgan fingerprint density at radius 3 is 1.51 bits per heavy atom. The van der Waals surface area contributed by atoms with Crippen LogP contribution in [0.3, 0.4) is 0 Å². The lowest BCUT2D eigenvalue weighted by Crippen LogP contribution is -2.39. The molecule has 1 N–H and O–H groups in total. The fourth-order valence-corrected chi connectivity index (χ4v) is 6.85. The first-order valence-corrected chi connectivity index (χ1v) is 19.7. The van der Waals surface area contributed by atoms with E-state index in [4.69, 9.17) is 14.2 Å². The summed E-state index contributed by atoms with van der Waals surface area (Å²) in [6.07, 6.45) is 14.5. The minimum Gasteiger partial charge on any atom is -0.493 e. The highest BCUT2D eigenvalue weighted by Gasteiger charge is 2.17. The van der Waals surface area contributed by atoms with Gasteiger partial charge in [0.2, 0.25) is 11.7 Å². The third-order valence-electron chi connectivity index (χ3n) is 10.1.